The summed E-state index contributed by atoms with van der Waals surface area (Å²) in [6, 6.07) is 15.3. The molecular formula is C24H23FO5. The second kappa shape index (κ2) is 8.79. The molecule has 0 spiro atoms. The predicted molar refractivity (Wildman–Crippen MR) is 107 cm³/mol. The van der Waals surface area contributed by atoms with E-state index in [9.17, 15) is 14.0 Å². The molecule has 4 rings (SSSR count). The number of allylic oxidation sites excluding steroid dienone is 1. The highest BCUT2D eigenvalue weighted by Gasteiger charge is 2.43. The summed E-state index contributed by atoms with van der Waals surface area (Å²) in [5.74, 6) is -1.06. The lowest BCUT2D eigenvalue weighted by molar-refractivity contribution is -0.215. The van der Waals surface area contributed by atoms with Crippen LogP contribution in [-0.4, -0.2) is 31.3 Å². The molecule has 0 saturated carbocycles. The van der Waals surface area contributed by atoms with E-state index in [1.54, 1.807) is 30.3 Å². The van der Waals surface area contributed by atoms with E-state index in [1.807, 2.05) is 18.2 Å². The van der Waals surface area contributed by atoms with Gasteiger partial charge in [0, 0.05) is 23.8 Å². The minimum Gasteiger partial charge on any atom is -0.463 e. The third kappa shape index (κ3) is 4.28. The lowest BCUT2D eigenvalue weighted by Gasteiger charge is -2.42. The van der Waals surface area contributed by atoms with Crippen LogP contribution < -0.4 is 0 Å². The number of fused-ring (bicyclic) bond motifs is 1. The molecule has 0 radical (unpaired) electrons. The molecule has 0 unspecified atom stereocenters. The number of methoxy groups -OCH3 is 1. The topological polar surface area (TPSA) is 61.8 Å². The van der Waals surface area contributed by atoms with E-state index >= 15 is 0 Å². The number of Topliss-reactive ketones (excluding diaryl/α,β-unsaturated/α-hetero) is 1. The molecule has 0 amide bonds. The zero-order valence-corrected chi connectivity index (χ0v) is 16.6. The molecule has 5 nitrogen and oxygen atoms in total. The van der Waals surface area contributed by atoms with Crippen molar-refractivity contribution in [1.29, 1.82) is 0 Å². The zero-order valence-electron chi connectivity index (χ0n) is 16.6. The Balaban J connectivity index is 1.53. The fourth-order valence-corrected chi connectivity index (χ4v) is 4.13. The van der Waals surface area contributed by atoms with Crippen molar-refractivity contribution in [2.75, 3.05) is 7.11 Å². The van der Waals surface area contributed by atoms with Crippen molar-refractivity contribution in [3.8, 4) is 0 Å². The molecule has 2 aromatic rings. The minimum atomic E-state index is -0.679. The second-order valence-electron chi connectivity index (χ2n) is 7.58. The summed E-state index contributed by atoms with van der Waals surface area (Å²) >= 11 is 0. The fourth-order valence-electron chi connectivity index (χ4n) is 4.13. The summed E-state index contributed by atoms with van der Waals surface area (Å²) in [4.78, 5) is 24.7. The monoisotopic (exact) mass is 410 g/mol. The molecule has 0 aliphatic carbocycles. The predicted octanol–water partition coefficient (Wildman–Crippen LogP) is 4.39. The summed E-state index contributed by atoms with van der Waals surface area (Å²) in [5.41, 5.74) is 1.52. The molecule has 2 aromatic carbocycles. The third-order valence-corrected chi connectivity index (χ3v) is 5.68. The Bertz CT molecular complexity index is 938. The molecule has 0 bridgehead atoms. The normalized spacial score (nSPS) is 25.5. The van der Waals surface area contributed by atoms with Gasteiger partial charge < -0.3 is 14.2 Å². The van der Waals surface area contributed by atoms with Crippen molar-refractivity contribution in [3.63, 3.8) is 0 Å². The van der Waals surface area contributed by atoms with E-state index in [2.05, 4.69) is 0 Å². The van der Waals surface area contributed by atoms with Crippen LogP contribution >= 0.6 is 0 Å². The molecule has 1 fully saturated rings. The molecular weight excluding hydrogens is 387 g/mol. The van der Waals surface area contributed by atoms with Gasteiger partial charge in [-0.3, -0.25) is 4.79 Å². The summed E-state index contributed by atoms with van der Waals surface area (Å²) in [5, 5.41) is 0. The van der Waals surface area contributed by atoms with Gasteiger partial charge in [0.25, 0.3) is 0 Å². The number of esters is 1. The number of benzene rings is 2. The minimum absolute atomic E-state index is 0.00803. The Morgan fingerprint density at radius 1 is 1.07 bits per heavy atom. The van der Waals surface area contributed by atoms with Crippen LogP contribution in [0.2, 0.25) is 0 Å². The van der Waals surface area contributed by atoms with Gasteiger partial charge in [-0.15, -0.1) is 0 Å². The maximum Gasteiger partial charge on any atom is 0.373 e. The van der Waals surface area contributed by atoms with E-state index in [1.165, 1.54) is 19.2 Å². The molecule has 6 heteroatoms. The van der Waals surface area contributed by atoms with Gasteiger partial charge >= 0.3 is 5.97 Å². The standard InChI is InChI=1S/C24H23FO5/c1-28-23(27)22-14-20(15-7-9-17(25)10-8-15)19-12-11-18(29-24(19)30-22)13-21(26)16-5-3-2-4-6-16/h2-10,14,18-20,24H,11-13H2,1H3/t18-,19-,20-,24-/m1/s1. The molecule has 1 saturated heterocycles. The average Bonchev–Trinajstić information content (AvgIpc) is 2.78. The Morgan fingerprint density at radius 2 is 1.80 bits per heavy atom. The number of hydrogen-bond donors (Lipinski definition) is 0. The van der Waals surface area contributed by atoms with Gasteiger partial charge in [0.1, 0.15) is 5.82 Å². The molecule has 2 aliphatic heterocycles. The first-order valence-electron chi connectivity index (χ1n) is 10.0. The van der Waals surface area contributed by atoms with Crippen molar-refractivity contribution in [1.82, 2.24) is 0 Å². The van der Waals surface area contributed by atoms with E-state index in [-0.39, 0.29) is 41.7 Å². The van der Waals surface area contributed by atoms with Crippen molar-refractivity contribution < 1.29 is 28.2 Å². The first kappa shape index (κ1) is 20.3. The van der Waals surface area contributed by atoms with Gasteiger partial charge in [-0.05, 0) is 36.6 Å². The number of ether oxygens (including phenoxy) is 3. The first-order chi connectivity index (χ1) is 14.5. The molecule has 30 heavy (non-hydrogen) atoms. The van der Waals surface area contributed by atoms with Gasteiger partial charge in [-0.1, -0.05) is 42.5 Å². The number of ketones is 1. The van der Waals surface area contributed by atoms with Crippen LogP contribution in [-0.2, 0) is 19.0 Å². The van der Waals surface area contributed by atoms with E-state index in [4.69, 9.17) is 14.2 Å². The highest BCUT2D eigenvalue weighted by molar-refractivity contribution is 5.96. The van der Waals surface area contributed by atoms with Crippen LogP contribution in [0.1, 0.15) is 41.1 Å². The Hall–Kier alpha value is -2.99. The molecule has 0 N–H and O–H groups in total. The van der Waals surface area contributed by atoms with Crippen LogP contribution in [0.25, 0.3) is 0 Å². The van der Waals surface area contributed by atoms with Crippen LogP contribution in [0.5, 0.6) is 0 Å². The molecule has 156 valence electrons. The molecule has 4 atom stereocenters. The highest BCUT2D eigenvalue weighted by Crippen LogP contribution is 2.43. The van der Waals surface area contributed by atoms with Crippen molar-refractivity contribution in [2.45, 2.75) is 37.6 Å². The third-order valence-electron chi connectivity index (χ3n) is 5.68. The number of carbonyl (C=O) groups excluding carboxylic acids is 2. The van der Waals surface area contributed by atoms with Gasteiger partial charge in [0.15, 0.2) is 5.78 Å². The maximum atomic E-state index is 13.4. The number of halogens is 1. The molecule has 0 aromatic heterocycles. The second-order valence-corrected chi connectivity index (χ2v) is 7.58. The number of hydrogen-bond acceptors (Lipinski definition) is 5. The Kier molecular flexibility index (Phi) is 5.95. The smallest absolute Gasteiger partial charge is 0.373 e. The fraction of sp³-hybridized carbons (Fsp3) is 0.333. The van der Waals surface area contributed by atoms with E-state index in [0.717, 1.165) is 12.0 Å². The van der Waals surface area contributed by atoms with Gasteiger partial charge in [0.2, 0.25) is 12.0 Å². The molecule has 2 aliphatic rings. The van der Waals surface area contributed by atoms with E-state index < -0.39 is 12.3 Å². The molecule has 2 heterocycles. The van der Waals surface area contributed by atoms with Gasteiger partial charge in [-0.25, -0.2) is 9.18 Å². The zero-order chi connectivity index (χ0) is 21.1. The first-order valence-corrected chi connectivity index (χ1v) is 10.0. The Labute approximate surface area is 174 Å². The average molecular weight is 410 g/mol. The summed E-state index contributed by atoms with van der Waals surface area (Å²) in [7, 11) is 1.29. The lowest BCUT2D eigenvalue weighted by Crippen LogP contribution is -2.43. The lowest BCUT2D eigenvalue weighted by atomic mass is 9.78. The Morgan fingerprint density at radius 3 is 2.50 bits per heavy atom. The van der Waals surface area contributed by atoms with Crippen LogP contribution in [0.3, 0.4) is 0 Å². The maximum absolute atomic E-state index is 13.4. The largest absolute Gasteiger partial charge is 0.463 e. The van der Waals surface area contributed by atoms with Gasteiger partial charge in [0.05, 0.1) is 13.2 Å². The van der Waals surface area contributed by atoms with Crippen LogP contribution in [0.4, 0.5) is 4.39 Å². The summed E-state index contributed by atoms with van der Waals surface area (Å²) in [6.07, 6.45) is 2.44. The van der Waals surface area contributed by atoms with Gasteiger partial charge in [-0.2, -0.15) is 0 Å². The number of rotatable bonds is 5. The summed E-state index contributed by atoms with van der Waals surface area (Å²) in [6.45, 7) is 0. The van der Waals surface area contributed by atoms with Crippen molar-refractivity contribution in [2.24, 2.45) is 5.92 Å². The van der Waals surface area contributed by atoms with Crippen LogP contribution in [0.15, 0.2) is 66.4 Å². The van der Waals surface area contributed by atoms with Crippen LogP contribution in [0, 0.1) is 11.7 Å². The highest BCUT2D eigenvalue weighted by atomic mass is 19.1. The van der Waals surface area contributed by atoms with Crippen molar-refractivity contribution >= 4 is 11.8 Å². The number of carbonyl (C=O) groups is 2. The van der Waals surface area contributed by atoms with Crippen molar-refractivity contribution in [3.05, 3.63) is 83.4 Å². The summed E-state index contributed by atoms with van der Waals surface area (Å²) < 4.78 is 30.1. The van der Waals surface area contributed by atoms with E-state index in [0.29, 0.717) is 12.0 Å². The quantitative estimate of drug-likeness (QED) is 0.540. The SMILES string of the molecule is COC(=O)C1=C[C@H](c2ccc(F)cc2)[C@H]2CC[C@H](CC(=O)c3ccccc3)O[C@@H]2O1.